The quantitative estimate of drug-likeness (QED) is 0.248. The van der Waals surface area contributed by atoms with Crippen molar-refractivity contribution in [1.29, 1.82) is 0 Å². The number of rotatable bonds is 9. The third-order valence-corrected chi connectivity index (χ3v) is 5.51. The second-order valence-corrected chi connectivity index (χ2v) is 7.70. The molecule has 0 radical (unpaired) electrons. The molecule has 1 heterocycles. The number of amides is 1. The number of fused-ring (bicyclic) bond motifs is 1. The number of nitrogens with zero attached hydrogens (tertiary/aromatic N) is 2. The number of nitrogens with one attached hydrogen (secondary N) is 1. The highest BCUT2D eigenvalue weighted by Crippen LogP contribution is 2.19. The van der Waals surface area contributed by atoms with Gasteiger partial charge in [0.1, 0.15) is 0 Å². The maximum Gasteiger partial charge on any atom is 0.262 e. The van der Waals surface area contributed by atoms with Crippen molar-refractivity contribution in [3.05, 3.63) is 82.7 Å². The van der Waals surface area contributed by atoms with Gasteiger partial charge in [0.05, 0.1) is 16.7 Å². The maximum absolute atomic E-state index is 12.8. The average molecular weight is 422 g/mol. The van der Waals surface area contributed by atoms with E-state index in [0.717, 1.165) is 5.56 Å². The van der Waals surface area contributed by atoms with E-state index < -0.39 is 0 Å². The summed E-state index contributed by atoms with van der Waals surface area (Å²) in [5.74, 6) is 0.0738. The van der Waals surface area contributed by atoms with Crippen molar-refractivity contribution in [1.82, 2.24) is 14.9 Å². The van der Waals surface area contributed by atoms with Gasteiger partial charge in [0.15, 0.2) is 10.9 Å². The summed E-state index contributed by atoms with van der Waals surface area (Å²) < 4.78 is 1.54. The van der Waals surface area contributed by atoms with Crippen LogP contribution in [0.25, 0.3) is 10.9 Å². The standard InChI is InChI=1S/C23H23N3O3S/c1-3-14-26-22(29)19-6-4-5-7-20(19)25-23(26)30-15-21(28)18-10-8-17(9-11-18)12-13-24-16(2)27/h3-11H,1,12-15H2,2H3,(H,24,27). The van der Waals surface area contributed by atoms with Crippen LogP contribution in [0.4, 0.5) is 0 Å². The van der Waals surface area contributed by atoms with Crippen molar-refractivity contribution in [2.24, 2.45) is 0 Å². The molecular formula is C23H23N3O3S. The van der Waals surface area contributed by atoms with Crippen LogP contribution < -0.4 is 10.9 Å². The molecule has 1 aromatic heterocycles. The van der Waals surface area contributed by atoms with Crippen molar-refractivity contribution < 1.29 is 9.59 Å². The van der Waals surface area contributed by atoms with E-state index in [1.807, 2.05) is 18.2 Å². The predicted octanol–water partition coefficient (Wildman–Crippen LogP) is 3.24. The molecular weight excluding hydrogens is 398 g/mol. The first-order valence-electron chi connectivity index (χ1n) is 9.59. The van der Waals surface area contributed by atoms with Crippen LogP contribution in [0.1, 0.15) is 22.8 Å². The largest absolute Gasteiger partial charge is 0.356 e. The molecule has 0 saturated carbocycles. The van der Waals surface area contributed by atoms with Crippen molar-refractivity contribution >= 4 is 34.4 Å². The number of carbonyl (C=O) groups is 2. The lowest BCUT2D eigenvalue weighted by Crippen LogP contribution is -2.23. The zero-order valence-corrected chi connectivity index (χ0v) is 17.6. The summed E-state index contributed by atoms with van der Waals surface area (Å²) in [6.45, 7) is 6.09. The first-order valence-corrected chi connectivity index (χ1v) is 10.6. The number of thioether (sulfide) groups is 1. The number of para-hydroxylation sites is 1. The highest BCUT2D eigenvalue weighted by molar-refractivity contribution is 7.99. The van der Waals surface area contributed by atoms with E-state index in [1.165, 1.54) is 18.7 Å². The summed E-state index contributed by atoms with van der Waals surface area (Å²) in [7, 11) is 0. The van der Waals surface area contributed by atoms with Crippen LogP contribution in [-0.2, 0) is 17.8 Å². The molecule has 2 aromatic carbocycles. The van der Waals surface area contributed by atoms with Crippen LogP contribution >= 0.6 is 11.8 Å². The number of hydrogen-bond donors (Lipinski definition) is 1. The summed E-state index contributed by atoms with van der Waals surface area (Å²) in [5, 5.41) is 3.80. The maximum atomic E-state index is 12.8. The molecule has 3 aromatic rings. The Hall–Kier alpha value is -3.19. The molecule has 154 valence electrons. The second-order valence-electron chi connectivity index (χ2n) is 6.76. The molecule has 0 unspecified atom stereocenters. The number of Topliss-reactive ketones (excluding diaryl/α,β-unsaturated/α-hetero) is 1. The van der Waals surface area contributed by atoms with E-state index in [1.54, 1.807) is 41.0 Å². The lowest BCUT2D eigenvalue weighted by atomic mass is 10.1. The Labute approximate surface area is 179 Å². The number of carbonyl (C=O) groups excluding carboxylic acids is 2. The van der Waals surface area contributed by atoms with Crippen molar-refractivity contribution in [2.75, 3.05) is 12.3 Å². The molecule has 3 rings (SSSR count). The highest BCUT2D eigenvalue weighted by atomic mass is 32.2. The van der Waals surface area contributed by atoms with Gasteiger partial charge in [-0.2, -0.15) is 0 Å². The van der Waals surface area contributed by atoms with Gasteiger partial charge in [-0.15, -0.1) is 6.58 Å². The third-order valence-electron chi connectivity index (χ3n) is 4.53. The van der Waals surface area contributed by atoms with Crippen LogP contribution in [0, 0.1) is 0 Å². The van der Waals surface area contributed by atoms with Gasteiger partial charge in [0.25, 0.3) is 5.56 Å². The Balaban J connectivity index is 1.72. The van der Waals surface area contributed by atoms with E-state index in [-0.39, 0.29) is 23.0 Å². The summed E-state index contributed by atoms with van der Waals surface area (Å²) >= 11 is 1.25. The van der Waals surface area contributed by atoms with Crippen LogP contribution in [0.5, 0.6) is 0 Å². The van der Waals surface area contributed by atoms with Gasteiger partial charge in [0, 0.05) is 25.6 Å². The van der Waals surface area contributed by atoms with Crippen molar-refractivity contribution in [3.8, 4) is 0 Å². The van der Waals surface area contributed by atoms with Gasteiger partial charge in [-0.05, 0) is 24.1 Å². The zero-order valence-electron chi connectivity index (χ0n) is 16.8. The van der Waals surface area contributed by atoms with Crippen LogP contribution in [-0.4, -0.2) is 33.5 Å². The summed E-state index contributed by atoms with van der Waals surface area (Å²) in [6.07, 6.45) is 2.35. The monoisotopic (exact) mass is 421 g/mol. The van der Waals surface area contributed by atoms with Gasteiger partial charge in [-0.25, -0.2) is 4.98 Å². The number of allylic oxidation sites excluding steroid dienone is 1. The van der Waals surface area contributed by atoms with Crippen molar-refractivity contribution in [2.45, 2.75) is 25.0 Å². The van der Waals surface area contributed by atoms with E-state index in [4.69, 9.17) is 0 Å². The van der Waals surface area contributed by atoms with Gasteiger partial charge in [-0.1, -0.05) is 54.2 Å². The Morgan fingerprint density at radius 3 is 2.60 bits per heavy atom. The molecule has 6 nitrogen and oxygen atoms in total. The molecule has 0 spiro atoms. The molecule has 1 N–H and O–H groups in total. The minimum atomic E-state index is -0.140. The third kappa shape index (κ3) is 5.24. The van der Waals surface area contributed by atoms with Gasteiger partial charge >= 0.3 is 0 Å². The van der Waals surface area contributed by atoms with E-state index in [0.29, 0.717) is 41.1 Å². The topological polar surface area (TPSA) is 81.1 Å². The van der Waals surface area contributed by atoms with Gasteiger partial charge in [-0.3, -0.25) is 19.0 Å². The molecule has 0 aliphatic heterocycles. The molecule has 0 aliphatic rings. The molecule has 0 fully saturated rings. The molecule has 0 saturated heterocycles. The summed E-state index contributed by atoms with van der Waals surface area (Å²) in [4.78, 5) is 40.9. The summed E-state index contributed by atoms with van der Waals surface area (Å²) in [5.41, 5.74) is 2.12. The van der Waals surface area contributed by atoms with Gasteiger partial charge in [0.2, 0.25) is 5.91 Å². The fourth-order valence-corrected chi connectivity index (χ4v) is 3.90. The fraction of sp³-hybridized carbons (Fsp3) is 0.217. The highest BCUT2D eigenvalue weighted by Gasteiger charge is 2.13. The molecule has 0 atom stereocenters. The number of benzene rings is 2. The predicted molar refractivity (Wildman–Crippen MR) is 120 cm³/mol. The minimum absolute atomic E-state index is 0.0408. The molecule has 7 heteroatoms. The lowest BCUT2D eigenvalue weighted by molar-refractivity contribution is -0.118. The first-order chi connectivity index (χ1) is 14.5. The summed E-state index contributed by atoms with van der Waals surface area (Å²) in [6, 6.07) is 14.5. The molecule has 0 aliphatic carbocycles. The van der Waals surface area contributed by atoms with Crippen LogP contribution in [0.3, 0.4) is 0 Å². The molecule has 30 heavy (non-hydrogen) atoms. The minimum Gasteiger partial charge on any atom is -0.356 e. The van der Waals surface area contributed by atoms with Crippen LogP contribution in [0.2, 0.25) is 0 Å². The molecule has 1 amide bonds. The lowest BCUT2D eigenvalue weighted by Gasteiger charge is -2.11. The first kappa shape index (κ1) is 21.5. The SMILES string of the molecule is C=CCn1c(SCC(=O)c2ccc(CCNC(C)=O)cc2)nc2ccccc2c1=O. The van der Waals surface area contributed by atoms with E-state index >= 15 is 0 Å². The smallest absolute Gasteiger partial charge is 0.262 e. The Morgan fingerprint density at radius 2 is 1.90 bits per heavy atom. The Morgan fingerprint density at radius 1 is 1.17 bits per heavy atom. The van der Waals surface area contributed by atoms with Crippen molar-refractivity contribution in [3.63, 3.8) is 0 Å². The Kier molecular flexibility index (Phi) is 7.19. The number of hydrogen-bond acceptors (Lipinski definition) is 5. The zero-order chi connectivity index (χ0) is 21.5. The van der Waals surface area contributed by atoms with Gasteiger partial charge < -0.3 is 5.32 Å². The van der Waals surface area contributed by atoms with E-state index in [9.17, 15) is 14.4 Å². The normalized spacial score (nSPS) is 10.7. The van der Waals surface area contributed by atoms with E-state index in [2.05, 4.69) is 16.9 Å². The fourth-order valence-electron chi connectivity index (χ4n) is 3.00. The number of aromatic nitrogens is 2. The number of ketones is 1. The second kappa shape index (κ2) is 10.0. The Bertz CT molecular complexity index is 1140. The molecule has 0 bridgehead atoms. The van der Waals surface area contributed by atoms with Crippen LogP contribution in [0.15, 0.2) is 71.1 Å². The average Bonchev–Trinajstić information content (AvgIpc) is 2.74.